The third-order valence-electron chi connectivity index (χ3n) is 5.85. The van der Waals surface area contributed by atoms with Crippen LogP contribution in [0.15, 0.2) is 79.4 Å². The first-order chi connectivity index (χ1) is 16.0. The van der Waals surface area contributed by atoms with Gasteiger partial charge in [0.15, 0.2) is 11.7 Å². The van der Waals surface area contributed by atoms with Gasteiger partial charge in [-0.05, 0) is 41.3 Å². The summed E-state index contributed by atoms with van der Waals surface area (Å²) >= 11 is 0. The summed E-state index contributed by atoms with van der Waals surface area (Å²) in [4.78, 5) is 12.9. The van der Waals surface area contributed by atoms with Crippen molar-refractivity contribution in [2.75, 3.05) is 19.5 Å². The van der Waals surface area contributed by atoms with Crippen LogP contribution in [0.1, 0.15) is 22.3 Å². The maximum Gasteiger partial charge on any atom is 0.257 e. The van der Waals surface area contributed by atoms with Crippen LogP contribution in [0.2, 0.25) is 0 Å². The standard InChI is InChI=1S/C27H27NO5/c1-4-8-19-11-16-22-23(24(19)33-17-18-9-6-5-7-10-18)27(30,25(32-3)26(29)28-22)20-12-14-21(31-2)15-13-20/h4-7,9-16,25,30H,1,8,17H2,2-3H3,(H,28,29). The van der Waals surface area contributed by atoms with Gasteiger partial charge in [-0.2, -0.15) is 0 Å². The summed E-state index contributed by atoms with van der Waals surface area (Å²) in [6.45, 7) is 4.16. The van der Waals surface area contributed by atoms with E-state index in [4.69, 9.17) is 14.2 Å². The van der Waals surface area contributed by atoms with Gasteiger partial charge >= 0.3 is 0 Å². The number of ether oxygens (including phenoxy) is 3. The molecule has 1 heterocycles. The summed E-state index contributed by atoms with van der Waals surface area (Å²) in [5.41, 5.74) is 1.46. The van der Waals surface area contributed by atoms with Crippen molar-refractivity contribution >= 4 is 11.6 Å². The van der Waals surface area contributed by atoms with Crippen LogP contribution in [0.5, 0.6) is 11.5 Å². The van der Waals surface area contributed by atoms with E-state index in [0.717, 1.165) is 11.1 Å². The molecule has 2 unspecified atom stereocenters. The van der Waals surface area contributed by atoms with E-state index in [1.165, 1.54) is 7.11 Å². The Kier molecular flexibility index (Phi) is 6.49. The lowest BCUT2D eigenvalue weighted by atomic mass is 9.76. The molecule has 6 nitrogen and oxygen atoms in total. The molecular formula is C27H27NO5. The van der Waals surface area contributed by atoms with E-state index < -0.39 is 17.6 Å². The molecule has 170 valence electrons. The van der Waals surface area contributed by atoms with E-state index in [2.05, 4.69) is 11.9 Å². The van der Waals surface area contributed by atoms with Crippen molar-refractivity contribution in [3.05, 3.63) is 102 Å². The molecule has 3 aromatic carbocycles. The van der Waals surface area contributed by atoms with Gasteiger partial charge in [0.25, 0.3) is 5.91 Å². The van der Waals surface area contributed by atoms with Gasteiger partial charge in [0.2, 0.25) is 0 Å². The molecule has 0 aliphatic carbocycles. The third kappa shape index (κ3) is 4.11. The Balaban J connectivity index is 1.91. The van der Waals surface area contributed by atoms with Gasteiger partial charge in [0, 0.05) is 7.11 Å². The van der Waals surface area contributed by atoms with Crippen LogP contribution < -0.4 is 14.8 Å². The van der Waals surface area contributed by atoms with E-state index in [1.807, 2.05) is 36.4 Å². The highest BCUT2D eigenvalue weighted by atomic mass is 16.5. The molecule has 0 spiro atoms. The Morgan fingerprint density at radius 2 is 1.79 bits per heavy atom. The monoisotopic (exact) mass is 445 g/mol. The number of nitrogens with one attached hydrogen (secondary N) is 1. The lowest BCUT2D eigenvalue weighted by Gasteiger charge is -2.41. The summed E-state index contributed by atoms with van der Waals surface area (Å²) in [7, 11) is 2.98. The second kappa shape index (κ2) is 9.48. The van der Waals surface area contributed by atoms with Crippen LogP contribution in [-0.4, -0.2) is 31.3 Å². The number of hydrogen-bond acceptors (Lipinski definition) is 5. The van der Waals surface area contributed by atoms with Gasteiger partial charge in [-0.15, -0.1) is 6.58 Å². The fourth-order valence-electron chi connectivity index (χ4n) is 4.26. The van der Waals surface area contributed by atoms with E-state index >= 15 is 0 Å². The Labute approximate surface area is 193 Å². The molecule has 0 saturated carbocycles. The topological polar surface area (TPSA) is 77.0 Å². The van der Waals surface area contributed by atoms with E-state index in [-0.39, 0.29) is 0 Å². The summed E-state index contributed by atoms with van der Waals surface area (Å²) in [5, 5.41) is 15.1. The van der Waals surface area contributed by atoms with Crippen molar-refractivity contribution in [1.82, 2.24) is 0 Å². The van der Waals surface area contributed by atoms with Crippen molar-refractivity contribution in [3.8, 4) is 11.5 Å². The molecule has 1 aliphatic heterocycles. The summed E-state index contributed by atoms with van der Waals surface area (Å²) in [6.07, 6.45) is 1.12. The minimum Gasteiger partial charge on any atom is -0.497 e. The molecule has 2 N–H and O–H groups in total. The average Bonchev–Trinajstić information content (AvgIpc) is 2.84. The number of carbonyl (C=O) groups is 1. The lowest BCUT2D eigenvalue weighted by Crippen LogP contribution is -2.53. The SMILES string of the molecule is C=CCc1ccc2c(c1OCc1ccccc1)C(O)(c1ccc(OC)cc1)C(OC)C(=O)N2. The Bertz CT molecular complexity index is 1140. The minimum absolute atomic E-state index is 0.297. The predicted octanol–water partition coefficient (Wildman–Crippen LogP) is 4.21. The molecule has 0 radical (unpaired) electrons. The number of amides is 1. The van der Waals surface area contributed by atoms with E-state index in [9.17, 15) is 9.90 Å². The summed E-state index contributed by atoms with van der Waals surface area (Å²) in [5.74, 6) is 0.697. The Hall–Kier alpha value is -3.61. The van der Waals surface area contributed by atoms with Crippen LogP contribution in [-0.2, 0) is 28.2 Å². The quantitative estimate of drug-likeness (QED) is 0.508. The first-order valence-electron chi connectivity index (χ1n) is 10.7. The molecule has 4 rings (SSSR count). The van der Waals surface area contributed by atoms with Crippen LogP contribution in [0.4, 0.5) is 5.69 Å². The van der Waals surface area contributed by atoms with Crippen LogP contribution in [0, 0.1) is 0 Å². The highest BCUT2D eigenvalue weighted by Gasteiger charge is 2.52. The zero-order valence-electron chi connectivity index (χ0n) is 18.7. The highest BCUT2D eigenvalue weighted by Crippen LogP contribution is 2.48. The van der Waals surface area contributed by atoms with Gasteiger partial charge in [0.1, 0.15) is 18.1 Å². The molecule has 0 aromatic heterocycles. The van der Waals surface area contributed by atoms with Crippen LogP contribution >= 0.6 is 0 Å². The van der Waals surface area contributed by atoms with E-state index in [0.29, 0.717) is 41.3 Å². The van der Waals surface area contributed by atoms with Crippen LogP contribution in [0.25, 0.3) is 0 Å². The molecule has 0 saturated heterocycles. The van der Waals surface area contributed by atoms with Gasteiger partial charge in [-0.3, -0.25) is 4.79 Å². The molecule has 33 heavy (non-hydrogen) atoms. The Morgan fingerprint density at radius 3 is 2.42 bits per heavy atom. The fraction of sp³-hybridized carbons (Fsp3) is 0.222. The summed E-state index contributed by atoms with van der Waals surface area (Å²) in [6, 6.07) is 20.4. The first kappa shape index (κ1) is 22.6. The molecule has 1 amide bonds. The molecule has 2 atom stereocenters. The highest BCUT2D eigenvalue weighted by molar-refractivity contribution is 6.00. The number of anilines is 1. The maximum absolute atomic E-state index is 12.9. The number of benzene rings is 3. The van der Waals surface area contributed by atoms with Crippen molar-refractivity contribution < 1.29 is 24.1 Å². The van der Waals surface area contributed by atoms with Gasteiger partial charge in [-0.25, -0.2) is 0 Å². The average molecular weight is 446 g/mol. The minimum atomic E-state index is -1.79. The number of rotatable bonds is 8. The smallest absolute Gasteiger partial charge is 0.257 e. The second-order valence-corrected chi connectivity index (χ2v) is 7.84. The van der Waals surface area contributed by atoms with Gasteiger partial charge < -0.3 is 24.6 Å². The van der Waals surface area contributed by atoms with E-state index in [1.54, 1.807) is 43.5 Å². The lowest BCUT2D eigenvalue weighted by molar-refractivity contribution is -0.142. The first-order valence-corrected chi connectivity index (χ1v) is 10.7. The van der Waals surface area contributed by atoms with Gasteiger partial charge in [0.05, 0.1) is 18.4 Å². The number of allylic oxidation sites excluding steroid dienone is 1. The number of carbonyl (C=O) groups excluding carboxylic acids is 1. The number of aliphatic hydroxyl groups is 1. The van der Waals surface area contributed by atoms with Crippen molar-refractivity contribution in [2.24, 2.45) is 0 Å². The zero-order chi connectivity index (χ0) is 23.4. The number of methoxy groups -OCH3 is 2. The van der Waals surface area contributed by atoms with Gasteiger partial charge in [-0.1, -0.05) is 54.6 Å². The maximum atomic E-state index is 12.9. The van der Waals surface area contributed by atoms with Crippen molar-refractivity contribution in [2.45, 2.75) is 24.7 Å². The number of hydrogen-bond donors (Lipinski definition) is 2. The fourth-order valence-corrected chi connectivity index (χ4v) is 4.26. The van der Waals surface area contributed by atoms with Crippen molar-refractivity contribution in [1.29, 1.82) is 0 Å². The summed E-state index contributed by atoms with van der Waals surface area (Å²) < 4.78 is 17.1. The predicted molar refractivity (Wildman–Crippen MR) is 127 cm³/mol. The molecule has 0 bridgehead atoms. The molecule has 6 heteroatoms. The third-order valence-corrected chi connectivity index (χ3v) is 5.85. The molecular weight excluding hydrogens is 418 g/mol. The number of fused-ring (bicyclic) bond motifs is 1. The molecule has 0 fully saturated rings. The molecule has 3 aromatic rings. The largest absolute Gasteiger partial charge is 0.497 e. The second-order valence-electron chi connectivity index (χ2n) is 7.84. The van der Waals surface area contributed by atoms with Crippen LogP contribution in [0.3, 0.4) is 0 Å². The zero-order valence-corrected chi connectivity index (χ0v) is 18.7. The molecule has 1 aliphatic rings. The Morgan fingerprint density at radius 1 is 1.06 bits per heavy atom. The normalized spacial score (nSPS) is 19.4. The van der Waals surface area contributed by atoms with Crippen molar-refractivity contribution in [3.63, 3.8) is 0 Å².